The first-order valence-corrected chi connectivity index (χ1v) is 16.3. The molecule has 6 rings (SSSR count). The highest BCUT2D eigenvalue weighted by Gasteiger charge is 2.56. The molecule has 2 aliphatic rings. The molecule has 8 nitrogen and oxygen atoms in total. The third-order valence-electron chi connectivity index (χ3n) is 8.04. The molecule has 2 atom stereocenters. The molecule has 1 amide bonds. The maximum atomic E-state index is 14.8. The van der Waals surface area contributed by atoms with Crippen molar-refractivity contribution in [2.24, 2.45) is 4.99 Å². The van der Waals surface area contributed by atoms with Crippen LogP contribution in [0.1, 0.15) is 34.8 Å². The number of ether oxygens (including phenoxy) is 2. The average Bonchev–Trinajstić information content (AvgIpc) is 3.40. The van der Waals surface area contributed by atoms with Crippen molar-refractivity contribution >= 4 is 21.6 Å². The molecular weight excluding hydrogens is 576 g/mol. The number of aliphatic hydroxyl groups is 1. The van der Waals surface area contributed by atoms with Gasteiger partial charge in [-0.2, -0.15) is 0 Å². The van der Waals surface area contributed by atoms with Crippen molar-refractivity contribution in [1.29, 1.82) is 0 Å². The Morgan fingerprint density at radius 3 is 2.32 bits per heavy atom. The van der Waals surface area contributed by atoms with Crippen LogP contribution in [-0.2, 0) is 32.3 Å². The van der Waals surface area contributed by atoms with Crippen molar-refractivity contribution in [2.75, 3.05) is 25.5 Å². The molecule has 0 radical (unpaired) electrons. The zero-order valence-electron chi connectivity index (χ0n) is 24.2. The number of hydrogen-bond acceptors (Lipinski definition) is 7. The number of aliphatic imine (C=N–C) groups is 1. The fourth-order valence-electron chi connectivity index (χ4n) is 5.79. The Balaban J connectivity index is 1.40. The average molecular weight is 611 g/mol. The maximum absolute atomic E-state index is 14.8. The predicted molar refractivity (Wildman–Crippen MR) is 167 cm³/mol. The molecule has 0 aliphatic carbocycles. The van der Waals surface area contributed by atoms with Gasteiger partial charge in [-0.25, -0.2) is 13.4 Å². The van der Waals surface area contributed by atoms with Crippen molar-refractivity contribution in [3.8, 4) is 5.75 Å². The zero-order chi connectivity index (χ0) is 30.6. The van der Waals surface area contributed by atoms with Crippen LogP contribution in [0.25, 0.3) is 0 Å². The predicted octanol–water partition coefficient (Wildman–Crippen LogP) is 4.76. The topological polar surface area (TPSA) is 106 Å². The molecular formula is C35H34N2O6S. The van der Waals surface area contributed by atoms with Gasteiger partial charge in [-0.1, -0.05) is 72.8 Å². The first-order chi connectivity index (χ1) is 21.4. The highest BCUT2D eigenvalue weighted by atomic mass is 32.2. The second-order valence-corrected chi connectivity index (χ2v) is 13.1. The molecule has 0 spiro atoms. The van der Waals surface area contributed by atoms with Gasteiger partial charge < -0.3 is 19.5 Å². The van der Waals surface area contributed by atoms with Crippen molar-refractivity contribution in [3.05, 3.63) is 131 Å². The number of fused-ring (bicyclic) bond motifs is 3. The summed E-state index contributed by atoms with van der Waals surface area (Å²) in [5, 5.41) is 9.05. The molecule has 44 heavy (non-hydrogen) atoms. The van der Waals surface area contributed by atoms with E-state index in [1.54, 1.807) is 35.2 Å². The van der Waals surface area contributed by atoms with Crippen LogP contribution in [0, 0.1) is 0 Å². The van der Waals surface area contributed by atoms with Gasteiger partial charge in [-0.3, -0.25) is 4.79 Å². The Labute approximate surface area is 257 Å². The third kappa shape index (κ3) is 5.98. The monoisotopic (exact) mass is 610 g/mol. The fraction of sp³-hybridized carbons (Fsp3) is 0.257. The number of benzene rings is 4. The van der Waals surface area contributed by atoms with Gasteiger partial charge in [0.25, 0.3) is 5.91 Å². The second-order valence-electron chi connectivity index (χ2n) is 11.0. The summed E-state index contributed by atoms with van der Waals surface area (Å²) in [5.41, 5.74) is 2.01. The largest absolute Gasteiger partial charge is 0.494 e. The lowest BCUT2D eigenvalue weighted by Crippen LogP contribution is -2.50. The van der Waals surface area contributed by atoms with E-state index >= 15 is 0 Å². The lowest BCUT2D eigenvalue weighted by Gasteiger charge is -2.32. The Morgan fingerprint density at radius 2 is 1.59 bits per heavy atom. The summed E-state index contributed by atoms with van der Waals surface area (Å²) < 4.78 is 38.8. The standard InChI is InChI=1S/C35H34N2O6S/c38-21-9-22-42-29-18-16-27(17-19-29)33-36-35(24-26-10-3-1-4-11-26)32(43-33)31-15-8-7-12-28(31)25-37(34(35)39)20-23-44(40,41)30-13-5-2-6-14-30/h1-8,10-19,32,38H,9,20-25H2/t32-,35-/m1/s1. The molecule has 4 aromatic rings. The smallest absolute Gasteiger partial charge is 0.255 e. The van der Waals surface area contributed by atoms with Crippen molar-refractivity contribution in [1.82, 2.24) is 4.90 Å². The third-order valence-corrected chi connectivity index (χ3v) is 9.75. The van der Waals surface area contributed by atoms with Gasteiger partial charge in [0.1, 0.15) is 5.75 Å². The highest BCUT2D eigenvalue weighted by Crippen LogP contribution is 2.46. The van der Waals surface area contributed by atoms with Gasteiger partial charge in [0, 0.05) is 43.7 Å². The Bertz CT molecular complexity index is 1740. The van der Waals surface area contributed by atoms with Crippen LogP contribution in [0.4, 0.5) is 0 Å². The number of aliphatic hydroxyl groups excluding tert-OH is 1. The number of nitrogens with zero attached hydrogens (tertiary/aromatic N) is 2. The molecule has 2 aliphatic heterocycles. The summed E-state index contributed by atoms with van der Waals surface area (Å²) in [7, 11) is -3.63. The Hall–Kier alpha value is -4.47. The Kier molecular flexibility index (Phi) is 8.50. The van der Waals surface area contributed by atoms with Crippen LogP contribution in [0.2, 0.25) is 0 Å². The molecule has 0 saturated heterocycles. The summed E-state index contributed by atoms with van der Waals surface area (Å²) in [6.45, 7) is 0.716. The number of carbonyl (C=O) groups is 1. The van der Waals surface area contributed by atoms with E-state index < -0.39 is 21.5 Å². The molecule has 226 valence electrons. The lowest BCUT2D eigenvalue weighted by molar-refractivity contribution is -0.139. The molecule has 0 aromatic heterocycles. The SMILES string of the molecule is O=C1N(CCS(=O)(=O)c2ccccc2)Cc2ccccc2[C@H]2OC(c3ccc(OCCCO)cc3)=N[C@@]12Cc1ccccc1. The zero-order valence-corrected chi connectivity index (χ0v) is 25.0. The van der Waals surface area contributed by atoms with Crippen LogP contribution in [0.15, 0.2) is 119 Å². The molecule has 0 bridgehead atoms. The highest BCUT2D eigenvalue weighted by molar-refractivity contribution is 7.91. The lowest BCUT2D eigenvalue weighted by atomic mass is 9.81. The van der Waals surface area contributed by atoms with Crippen LogP contribution < -0.4 is 4.74 Å². The van der Waals surface area contributed by atoms with E-state index in [4.69, 9.17) is 19.6 Å². The Morgan fingerprint density at radius 1 is 0.909 bits per heavy atom. The van der Waals surface area contributed by atoms with E-state index in [-0.39, 0.29) is 42.7 Å². The molecule has 4 aromatic carbocycles. The minimum absolute atomic E-state index is 0.0123. The first-order valence-electron chi connectivity index (χ1n) is 14.7. The minimum Gasteiger partial charge on any atom is -0.494 e. The number of hydrogen-bond donors (Lipinski definition) is 1. The second kappa shape index (κ2) is 12.6. The van der Waals surface area contributed by atoms with E-state index in [2.05, 4.69) is 0 Å². The van der Waals surface area contributed by atoms with Crippen LogP contribution in [-0.4, -0.2) is 61.3 Å². The number of carbonyl (C=O) groups excluding carboxylic acids is 1. The summed E-state index contributed by atoms with van der Waals surface area (Å²) in [5.74, 6) is 0.507. The first kappa shape index (κ1) is 29.6. The molecule has 1 N–H and O–H groups in total. The molecule has 0 saturated carbocycles. The fourth-order valence-corrected chi connectivity index (χ4v) is 7.06. The van der Waals surface area contributed by atoms with Crippen LogP contribution >= 0.6 is 0 Å². The molecule has 2 heterocycles. The van der Waals surface area contributed by atoms with E-state index in [0.717, 1.165) is 16.7 Å². The van der Waals surface area contributed by atoms with E-state index in [1.807, 2.05) is 78.9 Å². The van der Waals surface area contributed by atoms with E-state index in [9.17, 15) is 13.2 Å². The van der Waals surface area contributed by atoms with Crippen molar-refractivity contribution in [2.45, 2.75) is 35.9 Å². The minimum atomic E-state index is -3.63. The van der Waals surface area contributed by atoms with Crippen LogP contribution in [0.3, 0.4) is 0 Å². The molecule has 0 unspecified atom stereocenters. The summed E-state index contributed by atoms with van der Waals surface area (Å²) in [6, 6.07) is 33.1. The van der Waals surface area contributed by atoms with Crippen LogP contribution in [0.5, 0.6) is 5.75 Å². The van der Waals surface area contributed by atoms with Crippen molar-refractivity contribution < 1.29 is 27.8 Å². The summed E-state index contributed by atoms with van der Waals surface area (Å²) in [4.78, 5) is 21.7. The summed E-state index contributed by atoms with van der Waals surface area (Å²) >= 11 is 0. The van der Waals surface area contributed by atoms with Gasteiger partial charge in [0.15, 0.2) is 21.5 Å². The van der Waals surface area contributed by atoms with Gasteiger partial charge >= 0.3 is 0 Å². The molecule has 0 fully saturated rings. The van der Waals surface area contributed by atoms with Crippen molar-refractivity contribution in [3.63, 3.8) is 0 Å². The van der Waals surface area contributed by atoms with Gasteiger partial charge in [-0.05, 0) is 47.5 Å². The number of rotatable bonds is 11. The van der Waals surface area contributed by atoms with Gasteiger partial charge in [-0.15, -0.1) is 0 Å². The van der Waals surface area contributed by atoms with Gasteiger partial charge in [0.2, 0.25) is 5.90 Å². The van der Waals surface area contributed by atoms with E-state index in [0.29, 0.717) is 30.2 Å². The van der Waals surface area contributed by atoms with Gasteiger partial charge in [0.05, 0.1) is 17.3 Å². The maximum Gasteiger partial charge on any atom is 0.255 e. The number of amides is 1. The quantitative estimate of drug-likeness (QED) is 0.246. The normalized spacial score (nSPS) is 19.4. The molecule has 9 heteroatoms. The number of sulfone groups is 1. The van der Waals surface area contributed by atoms with E-state index in [1.165, 1.54) is 0 Å². The summed E-state index contributed by atoms with van der Waals surface area (Å²) in [6.07, 6.45) is 0.100.